The maximum atomic E-state index is 12.9. The molecule has 2 fully saturated rings. The maximum Gasteiger partial charge on any atom is 0.274 e. The molecule has 0 aliphatic carbocycles. The molecule has 158 valence electrons. The lowest BCUT2D eigenvalue weighted by Crippen LogP contribution is -2.57. The molecule has 2 aliphatic heterocycles. The van der Waals surface area contributed by atoms with Gasteiger partial charge in [0.25, 0.3) is 5.56 Å². The Bertz CT molecular complexity index is 926. The van der Waals surface area contributed by atoms with Crippen molar-refractivity contribution in [1.82, 2.24) is 29.3 Å². The van der Waals surface area contributed by atoms with Crippen LogP contribution < -0.4 is 10.5 Å². The summed E-state index contributed by atoms with van der Waals surface area (Å²) in [7, 11) is 0. The third-order valence-electron chi connectivity index (χ3n) is 6.04. The van der Waals surface area contributed by atoms with Crippen molar-refractivity contribution in [3.05, 3.63) is 22.1 Å². The summed E-state index contributed by atoms with van der Waals surface area (Å²) >= 11 is 1.44. The number of nitrogens with zero attached hydrogens (tertiary/aromatic N) is 7. The van der Waals surface area contributed by atoms with Gasteiger partial charge in [-0.3, -0.25) is 14.5 Å². The van der Waals surface area contributed by atoms with E-state index in [9.17, 15) is 9.59 Å². The van der Waals surface area contributed by atoms with E-state index in [4.69, 9.17) is 0 Å². The number of aromatic nitrogens is 3. The van der Waals surface area contributed by atoms with Crippen molar-refractivity contribution in [2.24, 2.45) is 0 Å². The van der Waals surface area contributed by atoms with Crippen LogP contribution in [-0.4, -0.2) is 100 Å². The van der Waals surface area contributed by atoms with E-state index in [0.29, 0.717) is 4.96 Å². The van der Waals surface area contributed by atoms with Crippen LogP contribution in [0.15, 0.2) is 10.9 Å². The normalized spacial score (nSPS) is 20.4. The Balaban J connectivity index is 1.36. The molecule has 29 heavy (non-hydrogen) atoms. The fourth-order valence-corrected chi connectivity index (χ4v) is 5.08. The average Bonchev–Trinajstić information content (AvgIpc) is 3.17. The largest absolute Gasteiger partial charge is 0.344 e. The van der Waals surface area contributed by atoms with Crippen LogP contribution in [0.3, 0.4) is 0 Å². The first kappa shape index (κ1) is 20.2. The van der Waals surface area contributed by atoms with Crippen molar-refractivity contribution in [3.63, 3.8) is 0 Å². The average molecular weight is 420 g/mol. The molecule has 0 N–H and O–H groups in total. The van der Waals surface area contributed by atoms with E-state index in [1.807, 2.05) is 18.7 Å². The van der Waals surface area contributed by atoms with Gasteiger partial charge in [0.2, 0.25) is 16.0 Å². The van der Waals surface area contributed by atoms with Gasteiger partial charge in [0.05, 0.1) is 6.04 Å². The third-order valence-corrected chi connectivity index (χ3v) is 7.01. The molecule has 2 aromatic rings. The van der Waals surface area contributed by atoms with Crippen molar-refractivity contribution in [2.45, 2.75) is 26.8 Å². The van der Waals surface area contributed by atoms with Gasteiger partial charge in [-0.2, -0.15) is 4.98 Å². The van der Waals surface area contributed by atoms with Gasteiger partial charge in [-0.05, 0) is 20.4 Å². The van der Waals surface area contributed by atoms with Gasteiger partial charge in [0, 0.05) is 64.1 Å². The van der Waals surface area contributed by atoms with Gasteiger partial charge in [0.1, 0.15) is 0 Å². The number of hydrogen-bond donors (Lipinski definition) is 0. The minimum atomic E-state index is -0.227. The third kappa shape index (κ3) is 4.15. The minimum Gasteiger partial charge on any atom is -0.344 e. The summed E-state index contributed by atoms with van der Waals surface area (Å²) in [4.78, 5) is 38.1. The summed E-state index contributed by atoms with van der Waals surface area (Å²) in [6.45, 7) is 14.0. The quantitative estimate of drug-likeness (QED) is 0.697. The number of anilines is 1. The Morgan fingerprint density at radius 1 is 1.14 bits per heavy atom. The molecule has 0 spiro atoms. The Hall–Kier alpha value is -2.04. The van der Waals surface area contributed by atoms with E-state index in [1.165, 1.54) is 17.4 Å². The molecule has 2 saturated heterocycles. The zero-order valence-electron chi connectivity index (χ0n) is 17.4. The van der Waals surface area contributed by atoms with Crippen LogP contribution in [0, 0.1) is 6.92 Å². The highest BCUT2D eigenvalue weighted by Crippen LogP contribution is 2.24. The highest BCUT2D eigenvalue weighted by Gasteiger charge is 2.31. The van der Waals surface area contributed by atoms with E-state index >= 15 is 0 Å². The minimum absolute atomic E-state index is 0.0954. The van der Waals surface area contributed by atoms with Crippen LogP contribution in [0.1, 0.15) is 19.5 Å². The predicted octanol–water partition coefficient (Wildman–Crippen LogP) is 0.134. The number of likely N-dealkylation sites (N-methyl/N-ethyl adjacent to an activating group) is 1. The van der Waals surface area contributed by atoms with E-state index in [2.05, 4.69) is 31.7 Å². The molecule has 0 saturated carbocycles. The standard InChI is InChI=1S/C19H29N7O2S/c1-4-22-5-7-24(8-6-22)17(28)15(3)23-9-11-25(12-10-23)19-21-26-14(2)13-16(27)20-18(26)29-19/h13,15H,4-12H2,1-3H3/t15-/m1/s1. The van der Waals surface area contributed by atoms with E-state index < -0.39 is 0 Å². The number of amides is 1. The molecule has 2 aromatic heterocycles. The molecule has 2 aliphatic rings. The molecular weight excluding hydrogens is 390 g/mol. The molecule has 0 unspecified atom stereocenters. The van der Waals surface area contributed by atoms with Crippen LogP contribution in [0.5, 0.6) is 0 Å². The maximum absolute atomic E-state index is 12.9. The van der Waals surface area contributed by atoms with E-state index in [0.717, 1.165) is 69.7 Å². The molecule has 0 aromatic carbocycles. The zero-order chi connectivity index (χ0) is 20.5. The molecule has 10 heteroatoms. The molecule has 4 rings (SSSR count). The number of piperazine rings is 2. The van der Waals surface area contributed by atoms with Gasteiger partial charge >= 0.3 is 0 Å². The van der Waals surface area contributed by atoms with Crippen molar-refractivity contribution in [1.29, 1.82) is 0 Å². The van der Waals surface area contributed by atoms with Crippen LogP contribution in [-0.2, 0) is 4.79 Å². The van der Waals surface area contributed by atoms with Gasteiger partial charge in [-0.15, -0.1) is 5.10 Å². The second-order valence-corrected chi connectivity index (χ2v) is 8.71. The topological polar surface area (TPSA) is 77.3 Å². The summed E-state index contributed by atoms with van der Waals surface area (Å²) in [5.41, 5.74) is 0.568. The number of rotatable bonds is 4. The number of carbonyl (C=O) groups excluding carboxylic acids is 1. The zero-order valence-corrected chi connectivity index (χ0v) is 18.2. The number of aryl methyl sites for hydroxylation is 1. The Morgan fingerprint density at radius 3 is 2.48 bits per heavy atom. The van der Waals surface area contributed by atoms with Crippen LogP contribution in [0.25, 0.3) is 4.96 Å². The second kappa shape index (κ2) is 8.37. The molecular formula is C19H29N7O2S. The molecule has 1 amide bonds. The first-order valence-electron chi connectivity index (χ1n) is 10.3. The summed E-state index contributed by atoms with van der Waals surface area (Å²) in [6, 6.07) is 1.41. The summed E-state index contributed by atoms with van der Waals surface area (Å²) < 4.78 is 1.73. The number of fused-ring (bicyclic) bond motifs is 1. The SMILES string of the molecule is CCN1CCN(C(=O)[C@@H](C)N2CCN(c3nn4c(C)cc(=O)nc4s3)CC2)CC1. The van der Waals surface area contributed by atoms with Gasteiger partial charge in [-0.25, -0.2) is 4.52 Å². The molecule has 1 atom stereocenters. The lowest BCUT2D eigenvalue weighted by atomic mass is 10.2. The summed E-state index contributed by atoms with van der Waals surface area (Å²) in [5, 5.41) is 5.51. The van der Waals surface area contributed by atoms with Crippen molar-refractivity contribution >= 4 is 27.3 Å². The van der Waals surface area contributed by atoms with Gasteiger partial charge < -0.3 is 14.7 Å². The first-order valence-corrected chi connectivity index (χ1v) is 11.2. The molecule has 4 heterocycles. The summed E-state index contributed by atoms with van der Waals surface area (Å²) in [5.74, 6) is 0.243. The fraction of sp³-hybridized carbons (Fsp3) is 0.684. The highest BCUT2D eigenvalue weighted by atomic mass is 32.1. The molecule has 0 radical (unpaired) electrons. The van der Waals surface area contributed by atoms with Crippen LogP contribution >= 0.6 is 11.3 Å². The van der Waals surface area contributed by atoms with Crippen molar-refractivity contribution in [2.75, 3.05) is 63.8 Å². The number of hydrogen-bond acceptors (Lipinski definition) is 8. The van der Waals surface area contributed by atoms with Crippen molar-refractivity contribution < 1.29 is 4.79 Å². The van der Waals surface area contributed by atoms with Gasteiger partial charge in [0.15, 0.2) is 0 Å². The van der Waals surface area contributed by atoms with Crippen LogP contribution in [0.4, 0.5) is 5.13 Å². The Morgan fingerprint density at radius 2 is 1.83 bits per heavy atom. The number of carbonyl (C=O) groups is 1. The lowest BCUT2D eigenvalue weighted by molar-refractivity contribution is -0.138. The monoisotopic (exact) mass is 419 g/mol. The lowest BCUT2D eigenvalue weighted by Gasteiger charge is -2.40. The van der Waals surface area contributed by atoms with Crippen LogP contribution in [0.2, 0.25) is 0 Å². The summed E-state index contributed by atoms with van der Waals surface area (Å²) in [6.07, 6.45) is 0. The Kier molecular flexibility index (Phi) is 5.84. The van der Waals surface area contributed by atoms with Crippen molar-refractivity contribution in [3.8, 4) is 0 Å². The Labute approximate surface area is 174 Å². The fourth-order valence-electron chi connectivity index (χ4n) is 4.07. The van der Waals surface area contributed by atoms with Gasteiger partial charge in [-0.1, -0.05) is 18.3 Å². The highest BCUT2D eigenvalue weighted by molar-refractivity contribution is 7.20. The predicted molar refractivity (Wildman–Crippen MR) is 114 cm³/mol. The molecule has 9 nitrogen and oxygen atoms in total. The second-order valence-electron chi connectivity index (χ2n) is 7.77. The van der Waals surface area contributed by atoms with E-state index in [-0.39, 0.29) is 17.5 Å². The van der Waals surface area contributed by atoms with E-state index in [1.54, 1.807) is 4.52 Å². The molecule has 0 bridgehead atoms. The smallest absolute Gasteiger partial charge is 0.274 e. The first-order chi connectivity index (χ1) is 14.0.